The van der Waals surface area contributed by atoms with Crippen molar-refractivity contribution in [2.75, 3.05) is 34.2 Å². The summed E-state index contributed by atoms with van der Waals surface area (Å²) in [7, 11) is 2.79. The fraction of sp³-hybridized carbons (Fsp3) is 0.778. The van der Waals surface area contributed by atoms with Gasteiger partial charge in [0.05, 0.1) is 0 Å². The molecule has 1 saturated carbocycles. The third-order valence-electron chi connectivity index (χ3n) is 6.08. The molecule has 3 rings (SSSR count). The van der Waals surface area contributed by atoms with Crippen molar-refractivity contribution in [1.29, 1.82) is 0 Å². The molecule has 7 heteroatoms. The summed E-state index contributed by atoms with van der Waals surface area (Å²) in [6, 6.07) is 4.50. The van der Waals surface area contributed by atoms with E-state index in [-0.39, 0.29) is 6.04 Å². The molecule has 2 atom stereocenters. The minimum Gasteiger partial charge on any atom is -0.306 e. The quantitative estimate of drug-likeness (QED) is 0.782. The van der Waals surface area contributed by atoms with E-state index >= 15 is 0 Å². The second kappa shape index (κ2) is 8.05. The highest BCUT2D eigenvalue weighted by molar-refractivity contribution is 7.91. The van der Waals surface area contributed by atoms with Crippen LogP contribution in [0.5, 0.6) is 0 Å². The van der Waals surface area contributed by atoms with E-state index in [1.54, 1.807) is 17.4 Å². The summed E-state index contributed by atoms with van der Waals surface area (Å²) >= 11 is 1.31. The highest BCUT2D eigenvalue weighted by Crippen LogP contribution is 2.32. The van der Waals surface area contributed by atoms with Gasteiger partial charge >= 0.3 is 0 Å². The Kier molecular flexibility index (Phi) is 6.21. The summed E-state index contributed by atoms with van der Waals surface area (Å²) in [5, 5.41) is 1.84. The monoisotopic (exact) mass is 385 g/mol. The number of sulfonamides is 1. The van der Waals surface area contributed by atoms with Crippen molar-refractivity contribution < 1.29 is 8.42 Å². The first-order valence-corrected chi connectivity index (χ1v) is 11.6. The molecular formula is C18H31N3O2S2. The molecule has 142 valence electrons. The number of thiophene rings is 1. The zero-order chi connectivity index (χ0) is 18.0. The van der Waals surface area contributed by atoms with E-state index in [4.69, 9.17) is 0 Å². The number of likely N-dealkylation sites (N-methyl/N-ethyl adjacent to an activating group) is 2. The number of nitrogens with zero attached hydrogens (tertiary/aromatic N) is 3. The molecule has 2 heterocycles. The van der Waals surface area contributed by atoms with Crippen LogP contribution in [0.4, 0.5) is 0 Å². The first-order chi connectivity index (χ1) is 11.9. The first-order valence-electron chi connectivity index (χ1n) is 9.33. The summed E-state index contributed by atoms with van der Waals surface area (Å²) in [6.07, 6.45) is 6.73. The van der Waals surface area contributed by atoms with Crippen LogP contribution in [0.15, 0.2) is 21.7 Å². The molecule has 1 aromatic heterocycles. The number of hydrogen-bond acceptors (Lipinski definition) is 5. The van der Waals surface area contributed by atoms with Crippen LogP contribution in [0.1, 0.15) is 38.5 Å². The molecule has 0 spiro atoms. The minimum atomic E-state index is -3.38. The Balaban J connectivity index is 1.76. The lowest BCUT2D eigenvalue weighted by atomic mass is 9.87. The van der Waals surface area contributed by atoms with E-state index < -0.39 is 10.0 Å². The highest BCUT2D eigenvalue weighted by Gasteiger charge is 2.39. The second-order valence-corrected chi connectivity index (χ2v) is 10.7. The summed E-state index contributed by atoms with van der Waals surface area (Å²) in [5.41, 5.74) is 0. The molecule has 2 fully saturated rings. The standard InChI is InChI=1S/C18H31N3O2S2/c1-19-12-10-15(11-13-19)20(2)16-7-4-5-8-17(16)21(3)25(22,23)18-9-6-14-24-18/h6,9,14-17H,4-5,7-8,10-13H2,1-3H3/t16-,17-/m0/s1. The average molecular weight is 386 g/mol. The van der Waals surface area contributed by atoms with Gasteiger partial charge in [-0.25, -0.2) is 8.42 Å². The zero-order valence-corrected chi connectivity index (χ0v) is 17.2. The van der Waals surface area contributed by atoms with E-state index in [1.807, 2.05) is 11.4 Å². The smallest absolute Gasteiger partial charge is 0.252 e. The molecule has 0 amide bonds. The average Bonchev–Trinajstić information content (AvgIpc) is 3.16. The van der Waals surface area contributed by atoms with Crippen molar-refractivity contribution in [2.45, 2.75) is 60.9 Å². The Labute approximate surface area is 156 Å². The van der Waals surface area contributed by atoms with Crippen LogP contribution in [0, 0.1) is 0 Å². The number of rotatable bonds is 5. The number of piperidine rings is 1. The van der Waals surface area contributed by atoms with Gasteiger partial charge in [-0.2, -0.15) is 4.31 Å². The van der Waals surface area contributed by atoms with Crippen LogP contribution < -0.4 is 0 Å². The summed E-state index contributed by atoms with van der Waals surface area (Å²) in [6.45, 7) is 2.27. The molecule has 0 unspecified atom stereocenters. The van der Waals surface area contributed by atoms with Crippen LogP contribution in [-0.4, -0.2) is 74.9 Å². The van der Waals surface area contributed by atoms with Gasteiger partial charge in [0, 0.05) is 25.2 Å². The van der Waals surface area contributed by atoms with Crippen molar-refractivity contribution in [2.24, 2.45) is 0 Å². The van der Waals surface area contributed by atoms with E-state index in [2.05, 4.69) is 23.9 Å². The maximum atomic E-state index is 13.0. The maximum absolute atomic E-state index is 13.0. The topological polar surface area (TPSA) is 43.9 Å². The van der Waals surface area contributed by atoms with Crippen molar-refractivity contribution in [3.05, 3.63) is 17.5 Å². The van der Waals surface area contributed by atoms with Crippen molar-refractivity contribution in [3.8, 4) is 0 Å². The predicted molar refractivity (Wildman–Crippen MR) is 104 cm³/mol. The molecule has 0 radical (unpaired) electrons. The van der Waals surface area contributed by atoms with Crippen molar-refractivity contribution in [3.63, 3.8) is 0 Å². The third kappa shape index (κ3) is 4.11. The second-order valence-electron chi connectivity index (χ2n) is 7.57. The highest BCUT2D eigenvalue weighted by atomic mass is 32.2. The molecule has 1 aliphatic carbocycles. The Hall–Kier alpha value is -0.470. The lowest BCUT2D eigenvalue weighted by Gasteiger charge is -2.46. The first kappa shape index (κ1) is 19.3. The van der Waals surface area contributed by atoms with Gasteiger partial charge in [-0.15, -0.1) is 11.3 Å². The van der Waals surface area contributed by atoms with Gasteiger partial charge < -0.3 is 4.90 Å². The Morgan fingerprint density at radius 2 is 1.72 bits per heavy atom. The Morgan fingerprint density at radius 3 is 2.32 bits per heavy atom. The number of likely N-dealkylation sites (tertiary alicyclic amines) is 1. The third-order valence-corrected chi connectivity index (χ3v) is 9.33. The van der Waals surface area contributed by atoms with E-state index in [1.165, 1.54) is 30.6 Å². The van der Waals surface area contributed by atoms with E-state index in [9.17, 15) is 8.42 Å². The van der Waals surface area contributed by atoms with Gasteiger partial charge in [-0.3, -0.25) is 4.90 Å². The molecule has 5 nitrogen and oxygen atoms in total. The zero-order valence-electron chi connectivity index (χ0n) is 15.6. The van der Waals surface area contributed by atoms with E-state index in [0.29, 0.717) is 16.3 Å². The lowest BCUT2D eigenvalue weighted by Crippen LogP contribution is -2.56. The molecule has 0 aromatic carbocycles. The maximum Gasteiger partial charge on any atom is 0.252 e. The normalized spacial score (nSPS) is 27.2. The predicted octanol–water partition coefficient (Wildman–Crippen LogP) is 2.71. The molecule has 2 aliphatic rings. The van der Waals surface area contributed by atoms with Gasteiger partial charge in [0.15, 0.2) is 0 Å². The molecule has 0 bridgehead atoms. The van der Waals surface area contributed by atoms with Gasteiger partial charge in [0.2, 0.25) is 0 Å². The van der Waals surface area contributed by atoms with Crippen LogP contribution in [0.25, 0.3) is 0 Å². The largest absolute Gasteiger partial charge is 0.306 e. The fourth-order valence-corrected chi connectivity index (χ4v) is 6.99. The molecule has 1 saturated heterocycles. The van der Waals surface area contributed by atoms with Crippen LogP contribution in [-0.2, 0) is 10.0 Å². The lowest BCUT2D eigenvalue weighted by molar-refractivity contribution is 0.0534. The van der Waals surface area contributed by atoms with Crippen LogP contribution in [0.2, 0.25) is 0 Å². The van der Waals surface area contributed by atoms with Gasteiger partial charge in [-0.1, -0.05) is 18.9 Å². The van der Waals surface area contributed by atoms with Crippen molar-refractivity contribution >= 4 is 21.4 Å². The van der Waals surface area contributed by atoms with Crippen LogP contribution in [0.3, 0.4) is 0 Å². The van der Waals surface area contributed by atoms with Gasteiger partial charge in [-0.05, 0) is 64.3 Å². The molecule has 25 heavy (non-hydrogen) atoms. The SMILES string of the molecule is CN1CCC(N(C)[C@H]2CCCC[C@@H]2N(C)S(=O)(=O)c2cccs2)CC1. The summed E-state index contributed by atoms with van der Waals surface area (Å²) < 4.78 is 28.1. The summed E-state index contributed by atoms with van der Waals surface area (Å²) in [5.74, 6) is 0. The molecule has 1 aromatic rings. The molecule has 0 N–H and O–H groups in total. The van der Waals surface area contributed by atoms with E-state index in [0.717, 1.165) is 32.4 Å². The summed E-state index contributed by atoms with van der Waals surface area (Å²) in [4.78, 5) is 4.88. The Bertz CT molecular complexity index is 639. The Morgan fingerprint density at radius 1 is 1.08 bits per heavy atom. The number of hydrogen-bond donors (Lipinski definition) is 0. The van der Waals surface area contributed by atoms with Crippen molar-refractivity contribution in [1.82, 2.24) is 14.1 Å². The molecular weight excluding hydrogens is 354 g/mol. The minimum absolute atomic E-state index is 0.0745. The van der Waals surface area contributed by atoms with Gasteiger partial charge in [0.25, 0.3) is 10.0 Å². The molecule has 1 aliphatic heterocycles. The van der Waals surface area contributed by atoms with Gasteiger partial charge in [0.1, 0.15) is 4.21 Å². The van der Waals surface area contributed by atoms with Crippen LogP contribution >= 0.6 is 11.3 Å². The fourth-order valence-electron chi connectivity index (χ4n) is 4.39.